The van der Waals surface area contributed by atoms with Gasteiger partial charge in [0.05, 0.1) is 6.61 Å². The maximum atomic E-state index is 11.0. The van der Waals surface area contributed by atoms with Crippen LogP contribution >= 0.6 is 0 Å². The predicted octanol–water partition coefficient (Wildman–Crippen LogP) is 0.599. The molecule has 1 heterocycles. The van der Waals surface area contributed by atoms with Gasteiger partial charge in [0.1, 0.15) is 6.10 Å². The number of ketones is 1. The Morgan fingerprint density at radius 2 is 1.92 bits per heavy atom. The number of ether oxygens (including phenoxy) is 1. The van der Waals surface area contributed by atoms with E-state index in [0.29, 0.717) is 25.9 Å². The maximum Gasteiger partial charge on any atom is 0.303 e. The van der Waals surface area contributed by atoms with E-state index in [4.69, 9.17) is 9.84 Å². The SMILES string of the molecule is O=C(O)CCCCC(=O)C1CO1. The zero-order valence-electron chi connectivity index (χ0n) is 6.78. The van der Waals surface area contributed by atoms with Gasteiger partial charge in [-0.25, -0.2) is 0 Å². The Balaban J connectivity index is 1.94. The largest absolute Gasteiger partial charge is 0.481 e. The smallest absolute Gasteiger partial charge is 0.303 e. The summed E-state index contributed by atoms with van der Waals surface area (Å²) in [5.74, 6) is -0.689. The van der Waals surface area contributed by atoms with Gasteiger partial charge in [-0.05, 0) is 12.8 Å². The van der Waals surface area contributed by atoms with Crippen LogP contribution < -0.4 is 0 Å². The van der Waals surface area contributed by atoms with Crippen molar-refractivity contribution in [3.05, 3.63) is 0 Å². The molecule has 1 aliphatic rings. The van der Waals surface area contributed by atoms with Gasteiger partial charge in [-0.2, -0.15) is 0 Å². The zero-order chi connectivity index (χ0) is 8.97. The Morgan fingerprint density at radius 3 is 2.42 bits per heavy atom. The van der Waals surface area contributed by atoms with Crippen molar-refractivity contribution >= 4 is 11.8 Å². The van der Waals surface area contributed by atoms with E-state index in [0.717, 1.165) is 0 Å². The van der Waals surface area contributed by atoms with E-state index in [-0.39, 0.29) is 18.3 Å². The second-order valence-corrected chi connectivity index (χ2v) is 2.89. The lowest BCUT2D eigenvalue weighted by Gasteiger charge is -1.95. The third kappa shape index (κ3) is 3.48. The number of rotatable bonds is 6. The molecule has 0 radical (unpaired) electrons. The molecule has 0 aromatic heterocycles. The van der Waals surface area contributed by atoms with E-state index in [1.54, 1.807) is 0 Å². The van der Waals surface area contributed by atoms with Gasteiger partial charge < -0.3 is 9.84 Å². The molecule has 0 saturated carbocycles. The van der Waals surface area contributed by atoms with E-state index in [9.17, 15) is 9.59 Å². The first kappa shape index (κ1) is 9.19. The summed E-state index contributed by atoms with van der Waals surface area (Å²) in [6, 6.07) is 0. The molecular weight excluding hydrogens is 160 g/mol. The molecule has 1 rings (SSSR count). The highest BCUT2D eigenvalue weighted by Crippen LogP contribution is 2.14. The molecule has 0 aromatic carbocycles. The van der Waals surface area contributed by atoms with E-state index in [1.807, 2.05) is 0 Å². The van der Waals surface area contributed by atoms with Crippen LogP contribution in [-0.2, 0) is 14.3 Å². The van der Waals surface area contributed by atoms with Crippen LogP contribution in [0.3, 0.4) is 0 Å². The minimum absolute atomic E-state index is 0.111. The van der Waals surface area contributed by atoms with Crippen LogP contribution in [0.2, 0.25) is 0 Å². The predicted molar refractivity (Wildman–Crippen MR) is 40.9 cm³/mol. The Bertz CT molecular complexity index is 183. The average Bonchev–Trinajstić information content (AvgIpc) is 2.79. The number of hydrogen-bond donors (Lipinski definition) is 1. The quantitative estimate of drug-likeness (QED) is 0.470. The standard InChI is InChI=1S/C8H12O4/c9-6(7-5-12-7)3-1-2-4-8(10)11/h7H,1-5H2,(H,10,11). The molecule has 0 spiro atoms. The molecule has 1 unspecified atom stereocenters. The minimum Gasteiger partial charge on any atom is -0.481 e. The zero-order valence-corrected chi connectivity index (χ0v) is 6.78. The van der Waals surface area contributed by atoms with Gasteiger partial charge in [0.15, 0.2) is 5.78 Å². The molecule has 0 bridgehead atoms. The number of unbranched alkanes of at least 4 members (excludes halogenated alkanes) is 1. The summed E-state index contributed by atoms with van der Waals surface area (Å²) in [6.07, 6.45) is 1.67. The van der Waals surface area contributed by atoms with E-state index in [2.05, 4.69) is 0 Å². The topological polar surface area (TPSA) is 66.9 Å². The van der Waals surface area contributed by atoms with Crippen molar-refractivity contribution in [3.8, 4) is 0 Å². The van der Waals surface area contributed by atoms with Crippen molar-refractivity contribution in [3.63, 3.8) is 0 Å². The van der Waals surface area contributed by atoms with Crippen LogP contribution in [0.1, 0.15) is 25.7 Å². The number of hydrogen-bond acceptors (Lipinski definition) is 3. The van der Waals surface area contributed by atoms with Crippen LogP contribution in [0.4, 0.5) is 0 Å². The second-order valence-electron chi connectivity index (χ2n) is 2.89. The summed E-state index contributed by atoms with van der Waals surface area (Å²) in [7, 11) is 0. The highest BCUT2D eigenvalue weighted by molar-refractivity contribution is 5.85. The van der Waals surface area contributed by atoms with Crippen molar-refractivity contribution in [1.29, 1.82) is 0 Å². The average molecular weight is 172 g/mol. The summed E-state index contributed by atoms with van der Waals surface area (Å²) in [6.45, 7) is 0.553. The molecule has 1 N–H and O–H groups in total. The van der Waals surface area contributed by atoms with Crippen LogP contribution in [-0.4, -0.2) is 29.6 Å². The van der Waals surface area contributed by atoms with Crippen molar-refractivity contribution in [2.75, 3.05) is 6.61 Å². The molecule has 4 nitrogen and oxygen atoms in total. The van der Waals surface area contributed by atoms with Crippen molar-refractivity contribution in [2.45, 2.75) is 31.8 Å². The fourth-order valence-electron chi connectivity index (χ4n) is 0.970. The van der Waals surface area contributed by atoms with E-state index < -0.39 is 5.97 Å². The van der Waals surface area contributed by atoms with Crippen LogP contribution in [0.25, 0.3) is 0 Å². The Labute approximate surface area is 70.5 Å². The summed E-state index contributed by atoms with van der Waals surface area (Å²) in [4.78, 5) is 21.1. The fourth-order valence-corrected chi connectivity index (χ4v) is 0.970. The molecule has 68 valence electrons. The van der Waals surface area contributed by atoms with Gasteiger partial charge >= 0.3 is 5.97 Å². The molecule has 1 aliphatic heterocycles. The molecule has 1 atom stereocenters. The van der Waals surface area contributed by atoms with E-state index in [1.165, 1.54) is 0 Å². The normalized spacial score (nSPS) is 20.5. The summed E-state index contributed by atoms with van der Waals surface area (Å²) < 4.78 is 4.78. The lowest BCUT2D eigenvalue weighted by Crippen LogP contribution is -2.06. The molecule has 1 saturated heterocycles. The summed E-state index contributed by atoms with van der Waals surface area (Å²) in [5, 5.41) is 8.29. The van der Waals surface area contributed by atoms with Crippen LogP contribution in [0, 0.1) is 0 Å². The van der Waals surface area contributed by atoms with Gasteiger partial charge in [-0.1, -0.05) is 0 Å². The molecule has 0 amide bonds. The number of carboxylic acid groups (broad SMARTS) is 1. The Hall–Kier alpha value is -0.900. The number of epoxide rings is 1. The van der Waals surface area contributed by atoms with Gasteiger partial charge in [0, 0.05) is 12.8 Å². The van der Waals surface area contributed by atoms with Gasteiger partial charge in [0.25, 0.3) is 0 Å². The van der Waals surface area contributed by atoms with E-state index >= 15 is 0 Å². The Morgan fingerprint density at radius 1 is 1.33 bits per heavy atom. The third-order valence-electron chi connectivity index (χ3n) is 1.76. The maximum absolute atomic E-state index is 11.0. The molecule has 4 heteroatoms. The minimum atomic E-state index is -0.801. The van der Waals surface area contributed by atoms with Gasteiger partial charge in [-0.3, -0.25) is 9.59 Å². The molecule has 12 heavy (non-hydrogen) atoms. The molecule has 0 aliphatic carbocycles. The first-order chi connectivity index (χ1) is 5.70. The Kier molecular flexibility index (Phi) is 3.22. The fraction of sp³-hybridized carbons (Fsp3) is 0.750. The monoisotopic (exact) mass is 172 g/mol. The number of Topliss-reactive ketones (excluding diaryl/α,β-unsaturated/α-hetero) is 1. The number of carboxylic acids is 1. The summed E-state index contributed by atoms with van der Waals surface area (Å²) in [5.41, 5.74) is 0. The number of carbonyl (C=O) groups is 2. The second kappa shape index (κ2) is 4.21. The van der Waals surface area contributed by atoms with Gasteiger partial charge in [-0.15, -0.1) is 0 Å². The summed E-state index contributed by atoms with van der Waals surface area (Å²) >= 11 is 0. The van der Waals surface area contributed by atoms with Crippen molar-refractivity contribution < 1.29 is 19.4 Å². The molecule has 0 aromatic rings. The van der Waals surface area contributed by atoms with Crippen LogP contribution in [0.5, 0.6) is 0 Å². The first-order valence-corrected chi connectivity index (χ1v) is 4.06. The lowest BCUT2D eigenvalue weighted by molar-refractivity contribution is -0.137. The lowest BCUT2D eigenvalue weighted by atomic mass is 10.1. The molecular formula is C8H12O4. The highest BCUT2D eigenvalue weighted by Gasteiger charge is 2.29. The number of aliphatic carboxylic acids is 1. The first-order valence-electron chi connectivity index (χ1n) is 4.06. The number of carbonyl (C=O) groups excluding carboxylic acids is 1. The van der Waals surface area contributed by atoms with Crippen molar-refractivity contribution in [2.24, 2.45) is 0 Å². The van der Waals surface area contributed by atoms with Crippen molar-refractivity contribution in [1.82, 2.24) is 0 Å². The van der Waals surface area contributed by atoms with Crippen LogP contribution in [0.15, 0.2) is 0 Å². The van der Waals surface area contributed by atoms with Gasteiger partial charge in [0.2, 0.25) is 0 Å². The molecule has 1 fully saturated rings. The highest BCUT2D eigenvalue weighted by atomic mass is 16.6. The third-order valence-corrected chi connectivity index (χ3v) is 1.76.